The molecule has 2 heterocycles. The molecule has 0 bridgehead atoms. The molecule has 0 aromatic rings. The van der Waals surface area contributed by atoms with Crippen LogP contribution in [0.3, 0.4) is 0 Å². The van der Waals surface area contributed by atoms with Gasteiger partial charge in [0, 0.05) is 33.2 Å². The second-order valence-electron chi connectivity index (χ2n) is 7.00. The molecule has 4 nitrogen and oxygen atoms in total. The van der Waals surface area contributed by atoms with E-state index in [1.165, 1.54) is 64.8 Å². The Kier molecular flexibility index (Phi) is 6.17. The molecule has 2 aliphatic heterocycles. The first kappa shape index (κ1) is 17.3. The van der Waals surface area contributed by atoms with E-state index in [-0.39, 0.29) is 24.0 Å². The van der Waals surface area contributed by atoms with Gasteiger partial charge in [0.1, 0.15) is 0 Å². The number of hydrogen-bond donors (Lipinski definition) is 1. The summed E-state index contributed by atoms with van der Waals surface area (Å²) in [6.07, 6.45) is 7.03. The molecular weight excluding hydrogens is 375 g/mol. The Balaban J connectivity index is 0.00000161. The van der Waals surface area contributed by atoms with E-state index in [9.17, 15) is 0 Å². The molecule has 5 heteroatoms. The van der Waals surface area contributed by atoms with Crippen LogP contribution in [-0.2, 0) is 0 Å². The summed E-state index contributed by atoms with van der Waals surface area (Å²) in [4.78, 5) is 9.55. The zero-order chi connectivity index (χ0) is 14.0. The standard InChI is InChI=1S/C16H30N4.HI/c1-3-19-9-5-14(12-19)11-18-15(17-2)20-10-8-16(13-20)6-4-7-16;/h14H,3-13H2,1-2H3,(H,17,18);1H. The van der Waals surface area contributed by atoms with Crippen LogP contribution in [0, 0.1) is 11.3 Å². The van der Waals surface area contributed by atoms with Gasteiger partial charge in [-0.1, -0.05) is 13.3 Å². The van der Waals surface area contributed by atoms with Crippen molar-refractivity contribution in [3.8, 4) is 0 Å². The van der Waals surface area contributed by atoms with Crippen LogP contribution < -0.4 is 5.32 Å². The van der Waals surface area contributed by atoms with E-state index in [1.54, 1.807) is 0 Å². The third kappa shape index (κ3) is 3.84. The summed E-state index contributed by atoms with van der Waals surface area (Å²) in [6, 6.07) is 0. The first-order chi connectivity index (χ1) is 9.74. The molecule has 3 fully saturated rings. The molecule has 0 amide bonds. The highest BCUT2D eigenvalue weighted by Gasteiger charge is 2.43. The predicted molar refractivity (Wildman–Crippen MR) is 99.5 cm³/mol. The highest BCUT2D eigenvalue weighted by molar-refractivity contribution is 14.0. The van der Waals surface area contributed by atoms with E-state index >= 15 is 0 Å². The molecule has 21 heavy (non-hydrogen) atoms. The molecule has 1 saturated carbocycles. The first-order valence-electron chi connectivity index (χ1n) is 8.43. The van der Waals surface area contributed by atoms with Gasteiger partial charge in [0.25, 0.3) is 0 Å². The number of hydrogen-bond acceptors (Lipinski definition) is 2. The highest BCUT2D eigenvalue weighted by atomic mass is 127. The Labute approximate surface area is 146 Å². The number of nitrogens with one attached hydrogen (secondary N) is 1. The Hall–Kier alpha value is -0.0400. The average Bonchev–Trinajstić information content (AvgIpc) is 3.05. The van der Waals surface area contributed by atoms with Gasteiger partial charge >= 0.3 is 0 Å². The van der Waals surface area contributed by atoms with Gasteiger partial charge in [0.15, 0.2) is 5.96 Å². The number of aliphatic imine (C=N–C) groups is 1. The Morgan fingerprint density at radius 2 is 2.10 bits per heavy atom. The van der Waals surface area contributed by atoms with Crippen LogP contribution in [0.25, 0.3) is 0 Å². The molecule has 0 radical (unpaired) electrons. The van der Waals surface area contributed by atoms with Crippen molar-refractivity contribution in [3.63, 3.8) is 0 Å². The lowest BCUT2D eigenvalue weighted by Gasteiger charge is -2.38. The molecule has 1 N–H and O–H groups in total. The topological polar surface area (TPSA) is 30.9 Å². The lowest BCUT2D eigenvalue weighted by Crippen LogP contribution is -2.44. The van der Waals surface area contributed by atoms with Gasteiger partial charge in [-0.2, -0.15) is 0 Å². The fourth-order valence-electron chi connectivity index (χ4n) is 4.14. The maximum absolute atomic E-state index is 4.51. The van der Waals surface area contributed by atoms with Gasteiger partial charge < -0.3 is 15.1 Å². The largest absolute Gasteiger partial charge is 0.356 e. The molecular formula is C16H31IN4. The zero-order valence-electron chi connectivity index (χ0n) is 13.6. The van der Waals surface area contributed by atoms with Gasteiger partial charge in [0.05, 0.1) is 0 Å². The van der Waals surface area contributed by atoms with Crippen molar-refractivity contribution in [2.45, 2.75) is 39.0 Å². The van der Waals surface area contributed by atoms with E-state index in [0.717, 1.165) is 18.4 Å². The Bertz CT molecular complexity index is 367. The van der Waals surface area contributed by atoms with Crippen LogP contribution in [0.4, 0.5) is 0 Å². The highest BCUT2D eigenvalue weighted by Crippen LogP contribution is 2.47. The molecule has 3 rings (SSSR count). The summed E-state index contributed by atoms with van der Waals surface area (Å²) in [5.74, 6) is 1.94. The van der Waals surface area contributed by atoms with E-state index in [2.05, 4.69) is 27.0 Å². The van der Waals surface area contributed by atoms with Crippen molar-refractivity contribution in [1.82, 2.24) is 15.1 Å². The van der Waals surface area contributed by atoms with E-state index < -0.39 is 0 Å². The minimum absolute atomic E-state index is 0. The summed E-state index contributed by atoms with van der Waals surface area (Å²) in [5.41, 5.74) is 0.657. The molecule has 0 aromatic carbocycles. The Morgan fingerprint density at radius 3 is 2.62 bits per heavy atom. The molecule has 0 aromatic heterocycles. The van der Waals surface area contributed by atoms with E-state index in [1.807, 2.05) is 7.05 Å². The summed E-state index contributed by atoms with van der Waals surface area (Å²) in [7, 11) is 1.93. The van der Waals surface area contributed by atoms with Gasteiger partial charge in [-0.15, -0.1) is 24.0 Å². The van der Waals surface area contributed by atoms with E-state index in [4.69, 9.17) is 0 Å². The summed E-state index contributed by atoms with van der Waals surface area (Å²) >= 11 is 0. The van der Waals surface area contributed by atoms with Crippen LogP contribution >= 0.6 is 24.0 Å². The van der Waals surface area contributed by atoms with Crippen LogP contribution in [-0.4, -0.2) is 62.1 Å². The molecule has 1 atom stereocenters. The van der Waals surface area contributed by atoms with E-state index in [0.29, 0.717) is 5.41 Å². The summed E-state index contributed by atoms with van der Waals surface area (Å²) < 4.78 is 0. The maximum atomic E-state index is 4.51. The number of likely N-dealkylation sites (tertiary alicyclic amines) is 2. The van der Waals surface area contributed by atoms with Crippen molar-refractivity contribution in [3.05, 3.63) is 0 Å². The first-order valence-corrected chi connectivity index (χ1v) is 8.43. The van der Waals surface area contributed by atoms with Crippen LogP contribution in [0.15, 0.2) is 4.99 Å². The molecule has 1 unspecified atom stereocenters. The van der Waals surface area contributed by atoms with Crippen molar-refractivity contribution in [2.75, 3.05) is 46.3 Å². The lowest BCUT2D eigenvalue weighted by atomic mass is 9.68. The Morgan fingerprint density at radius 1 is 1.29 bits per heavy atom. The fraction of sp³-hybridized carbons (Fsp3) is 0.938. The minimum Gasteiger partial charge on any atom is -0.356 e. The predicted octanol–water partition coefficient (Wildman–Crippen LogP) is 2.40. The number of guanidine groups is 1. The van der Waals surface area contributed by atoms with Gasteiger partial charge in [0.2, 0.25) is 0 Å². The van der Waals surface area contributed by atoms with Crippen LogP contribution in [0.5, 0.6) is 0 Å². The van der Waals surface area contributed by atoms with Crippen molar-refractivity contribution in [1.29, 1.82) is 0 Å². The average molecular weight is 406 g/mol. The normalized spacial score (nSPS) is 28.6. The SMILES string of the molecule is CCN1CCC(CNC(=NC)N2CCC3(CCC3)C2)C1.I. The number of halogens is 1. The lowest BCUT2D eigenvalue weighted by molar-refractivity contribution is 0.151. The van der Waals surface area contributed by atoms with Crippen LogP contribution in [0.1, 0.15) is 39.0 Å². The monoisotopic (exact) mass is 406 g/mol. The summed E-state index contributed by atoms with van der Waals surface area (Å²) in [5, 5.41) is 3.63. The maximum Gasteiger partial charge on any atom is 0.193 e. The second kappa shape index (κ2) is 7.49. The van der Waals surface area contributed by atoms with Gasteiger partial charge in [-0.25, -0.2) is 0 Å². The van der Waals surface area contributed by atoms with Crippen molar-refractivity contribution in [2.24, 2.45) is 16.3 Å². The molecule has 122 valence electrons. The fourth-order valence-corrected chi connectivity index (χ4v) is 4.14. The van der Waals surface area contributed by atoms with Crippen LogP contribution in [0.2, 0.25) is 0 Å². The van der Waals surface area contributed by atoms with Crippen molar-refractivity contribution < 1.29 is 0 Å². The van der Waals surface area contributed by atoms with Crippen molar-refractivity contribution >= 4 is 29.9 Å². The van der Waals surface area contributed by atoms with Gasteiger partial charge in [-0.05, 0) is 50.1 Å². The smallest absolute Gasteiger partial charge is 0.193 e. The second-order valence-corrected chi connectivity index (χ2v) is 7.00. The molecule has 1 spiro atoms. The van der Waals surface area contributed by atoms with Gasteiger partial charge in [-0.3, -0.25) is 4.99 Å². The number of nitrogens with zero attached hydrogens (tertiary/aromatic N) is 3. The summed E-state index contributed by atoms with van der Waals surface area (Å²) in [6.45, 7) is 9.51. The molecule has 3 aliphatic rings. The number of rotatable bonds is 3. The molecule has 1 aliphatic carbocycles. The quantitative estimate of drug-likeness (QED) is 0.444. The zero-order valence-corrected chi connectivity index (χ0v) is 15.9. The molecule has 2 saturated heterocycles. The third-order valence-electron chi connectivity index (χ3n) is 5.73. The third-order valence-corrected chi connectivity index (χ3v) is 5.73. The minimum atomic E-state index is 0.